The Morgan fingerprint density at radius 3 is 2.78 bits per heavy atom. The summed E-state index contributed by atoms with van der Waals surface area (Å²) in [7, 11) is 0. The summed E-state index contributed by atoms with van der Waals surface area (Å²) in [5.74, 6) is 1.64. The standard InChI is InChI=1S/C21H36N4S.HI/c1-6-22-21(23-13-18-8-7-11-25(15-18)16(2)3)24-14-19-10-9-17(4)12-20(19)26-5;/h9-10,12,16,18H,6-8,11,13-15H2,1-5H3,(H2,22,23,24);1H. The number of thioether (sulfide) groups is 1. The van der Waals surface area contributed by atoms with E-state index in [4.69, 9.17) is 4.99 Å². The first-order chi connectivity index (χ1) is 12.5. The zero-order chi connectivity index (χ0) is 18.9. The van der Waals surface area contributed by atoms with Gasteiger partial charge in [-0.1, -0.05) is 12.1 Å². The Balaban J connectivity index is 0.00000364. The molecule has 0 radical (unpaired) electrons. The highest BCUT2D eigenvalue weighted by atomic mass is 127. The molecule has 2 N–H and O–H groups in total. The van der Waals surface area contributed by atoms with Crippen LogP contribution in [-0.4, -0.2) is 49.3 Å². The lowest BCUT2D eigenvalue weighted by Crippen LogP contribution is -2.46. The summed E-state index contributed by atoms with van der Waals surface area (Å²) in [5.41, 5.74) is 2.60. The Morgan fingerprint density at radius 2 is 2.11 bits per heavy atom. The monoisotopic (exact) mass is 504 g/mol. The summed E-state index contributed by atoms with van der Waals surface area (Å²) in [4.78, 5) is 8.75. The van der Waals surface area contributed by atoms with Crippen molar-refractivity contribution in [3.05, 3.63) is 29.3 Å². The summed E-state index contributed by atoms with van der Waals surface area (Å²) in [6.07, 6.45) is 4.75. The maximum Gasteiger partial charge on any atom is 0.191 e. The predicted octanol–water partition coefficient (Wildman–Crippen LogP) is 4.51. The Morgan fingerprint density at radius 1 is 1.33 bits per heavy atom. The van der Waals surface area contributed by atoms with Crippen molar-refractivity contribution in [3.8, 4) is 0 Å². The smallest absolute Gasteiger partial charge is 0.191 e. The van der Waals surface area contributed by atoms with E-state index in [-0.39, 0.29) is 24.0 Å². The van der Waals surface area contributed by atoms with Crippen LogP contribution in [0.15, 0.2) is 28.1 Å². The van der Waals surface area contributed by atoms with Crippen LogP contribution in [0.5, 0.6) is 0 Å². The lowest BCUT2D eigenvalue weighted by atomic mass is 9.97. The van der Waals surface area contributed by atoms with E-state index in [1.165, 1.54) is 42.0 Å². The number of nitrogens with one attached hydrogen (secondary N) is 2. The van der Waals surface area contributed by atoms with Gasteiger partial charge in [0.15, 0.2) is 5.96 Å². The topological polar surface area (TPSA) is 39.7 Å². The Bertz CT molecular complexity index is 592. The molecule has 0 amide bonds. The van der Waals surface area contributed by atoms with Crippen LogP contribution in [0.1, 0.15) is 44.7 Å². The molecule has 1 saturated heterocycles. The van der Waals surface area contributed by atoms with Crippen LogP contribution in [-0.2, 0) is 6.54 Å². The second-order valence-electron chi connectivity index (χ2n) is 7.49. The number of rotatable bonds is 7. The van der Waals surface area contributed by atoms with Crippen molar-refractivity contribution in [2.45, 2.75) is 58.0 Å². The van der Waals surface area contributed by atoms with E-state index in [0.29, 0.717) is 18.5 Å². The first-order valence-corrected chi connectivity index (χ1v) is 11.2. The molecule has 1 aliphatic heterocycles. The molecule has 1 aromatic carbocycles. The molecule has 4 nitrogen and oxygen atoms in total. The number of hydrogen-bond donors (Lipinski definition) is 2. The zero-order valence-electron chi connectivity index (χ0n) is 17.5. The number of likely N-dealkylation sites (tertiary alicyclic amines) is 1. The SMILES string of the molecule is CCNC(=NCc1ccc(C)cc1SC)NCC1CCCN(C(C)C)C1.I. The molecule has 0 bridgehead atoms. The van der Waals surface area contributed by atoms with Gasteiger partial charge in [0.2, 0.25) is 0 Å². The summed E-state index contributed by atoms with van der Waals surface area (Å²) in [5, 5.41) is 6.97. The van der Waals surface area contributed by atoms with Crippen LogP contribution >= 0.6 is 35.7 Å². The third-order valence-corrected chi connectivity index (χ3v) is 5.85. The van der Waals surface area contributed by atoms with Gasteiger partial charge in [-0.15, -0.1) is 35.7 Å². The van der Waals surface area contributed by atoms with Gasteiger partial charge < -0.3 is 15.5 Å². The molecule has 0 aliphatic carbocycles. The molecule has 1 heterocycles. The molecule has 154 valence electrons. The fraction of sp³-hybridized carbons (Fsp3) is 0.667. The quantitative estimate of drug-likeness (QED) is 0.248. The van der Waals surface area contributed by atoms with Gasteiger partial charge in [-0.05, 0) is 76.4 Å². The van der Waals surface area contributed by atoms with E-state index in [0.717, 1.165) is 19.0 Å². The van der Waals surface area contributed by atoms with Gasteiger partial charge in [0.1, 0.15) is 0 Å². The van der Waals surface area contributed by atoms with E-state index in [2.05, 4.69) is 67.7 Å². The predicted molar refractivity (Wildman–Crippen MR) is 131 cm³/mol. The molecule has 27 heavy (non-hydrogen) atoms. The highest BCUT2D eigenvalue weighted by molar-refractivity contribution is 14.0. The summed E-state index contributed by atoms with van der Waals surface area (Å²) in [6.45, 7) is 13.9. The van der Waals surface area contributed by atoms with Crippen molar-refractivity contribution in [2.75, 3.05) is 32.4 Å². The third-order valence-electron chi connectivity index (χ3n) is 5.03. The Kier molecular flexibility index (Phi) is 11.7. The molecular weight excluding hydrogens is 467 g/mol. The maximum atomic E-state index is 4.83. The first kappa shape index (κ1) is 24.6. The molecule has 1 aromatic rings. The van der Waals surface area contributed by atoms with E-state index in [1.807, 2.05) is 0 Å². The number of piperidine rings is 1. The minimum Gasteiger partial charge on any atom is -0.357 e. The molecule has 1 unspecified atom stereocenters. The fourth-order valence-electron chi connectivity index (χ4n) is 3.46. The molecule has 1 fully saturated rings. The van der Waals surface area contributed by atoms with Gasteiger partial charge in [-0.3, -0.25) is 0 Å². The molecule has 1 atom stereocenters. The van der Waals surface area contributed by atoms with E-state index < -0.39 is 0 Å². The van der Waals surface area contributed by atoms with Gasteiger partial charge in [-0.25, -0.2) is 4.99 Å². The Hall–Kier alpha value is -0.470. The van der Waals surface area contributed by atoms with Gasteiger partial charge in [0, 0.05) is 30.6 Å². The van der Waals surface area contributed by atoms with Gasteiger partial charge in [-0.2, -0.15) is 0 Å². The summed E-state index contributed by atoms with van der Waals surface area (Å²) in [6, 6.07) is 7.27. The number of benzene rings is 1. The van der Waals surface area contributed by atoms with Crippen molar-refractivity contribution in [1.29, 1.82) is 0 Å². The first-order valence-electron chi connectivity index (χ1n) is 9.93. The summed E-state index contributed by atoms with van der Waals surface area (Å²) >= 11 is 1.80. The number of nitrogens with zero attached hydrogens (tertiary/aromatic N) is 2. The van der Waals surface area contributed by atoms with Crippen LogP contribution in [0.2, 0.25) is 0 Å². The lowest BCUT2D eigenvalue weighted by Gasteiger charge is -2.35. The summed E-state index contributed by atoms with van der Waals surface area (Å²) < 4.78 is 0. The number of guanidine groups is 1. The van der Waals surface area contributed by atoms with Crippen molar-refractivity contribution in [2.24, 2.45) is 10.9 Å². The van der Waals surface area contributed by atoms with E-state index in [1.54, 1.807) is 11.8 Å². The normalized spacial score (nSPS) is 18.3. The lowest BCUT2D eigenvalue weighted by molar-refractivity contribution is 0.141. The number of aryl methyl sites for hydroxylation is 1. The van der Waals surface area contributed by atoms with Gasteiger partial charge in [0.05, 0.1) is 6.54 Å². The van der Waals surface area contributed by atoms with Gasteiger partial charge in [0.25, 0.3) is 0 Å². The van der Waals surface area contributed by atoms with Crippen LogP contribution in [0.4, 0.5) is 0 Å². The number of halogens is 1. The van der Waals surface area contributed by atoms with E-state index >= 15 is 0 Å². The maximum absolute atomic E-state index is 4.83. The molecule has 0 spiro atoms. The second kappa shape index (κ2) is 12.9. The minimum absolute atomic E-state index is 0. The van der Waals surface area contributed by atoms with Crippen LogP contribution in [0.3, 0.4) is 0 Å². The van der Waals surface area contributed by atoms with Gasteiger partial charge >= 0.3 is 0 Å². The fourth-order valence-corrected chi connectivity index (χ4v) is 4.16. The van der Waals surface area contributed by atoms with Crippen LogP contribution in [0.25, 0.3) is 0 Å². The second-order valence-corrected chi connectivity index (χ2v) is 8.34. The van der Waals surface area contributed by atoms with Crippen LogP contribution < -0.4 is 10.6 Å². The van der Waals surface area contributed by atoms with Crippen LogP contribution in [0, 0.1) is 12.8 Å². The van der Waals surface area contributed by atoms with Crippen molar-refractivity contribution < 1.29 is 0 Å². The zero-order valence-corrected chi connectivity index (χ0v) is 20.7. The molecule has 0 aromatic heterocycles. The molecule has 1 aliphatic rings. The Labute approximate surface area is 187 Å². The van der Waals surface area contributed by atoms with Crippen molar-refractivity contribution in [3.63, 3.8) is 0 Å². The number of hydrogen-bond acceptors (Lipinski definition) is 3. The van der Waals surface area contributed by atoms with Crippen molar-refractivity contribution in [1.82, 2.24) is 15.5 Å². The molecule has 6 heteroatoms. The molecule has 2 rings (SSSR count). The largest absolute Gasteiger partial charge is 0.357 e. The van der Waals surface area contributed by atoms with Crippen molar-refractivity contribution >= 4 is 41.7 Å². The number of aliphatic imine (C=N–C) groups is 1. The average Bonchev–Trinajstić information content (AvgIpc) is 2.64. The average molecular weight is 505 g/mol. The molecular formula is C21H37IN4S. The highest BCUT2D eigenvalue weighted by Gasteiger charge is 2.21. The molecule has 0 saturated carbocycles. The third kappa shape index (κ3) is 8.20. The van der Waals surface area contributed by atoms with E-state index in [9.17, 15) is 0 Å². The highest BCUT2D eigenvalue weighted by Crippen LogP contribution is 2.22. The minimum atomic E-state index is 0.